The van der Waals surface area contributed by atoms with Crippen molar-refractivity contribution in [2.45, 2.75) is 55.2 Å². The van der Waals surface area contributed by atoms with E-state index in [0.29, 0.717) is 6.61 Å². The van der Waals surface area contributed by atoms with E-state index in [1.54, 1.807) is 0 Å². The van der Waals surface area contributed by atoms with Crippen LogP contribution < -0.4 is 0 Å². The minimum absolute atomic E-state index is 0.182. The maximum atomic E-state index is 5.63. The van der Waals surface area contributed by atoms with E-state index in [4.69, 9.17) is 39.5 Å². The van der Waals surface area contributed by atoms with Crippen LogP contribution in [0.2, 0.25) is 0 Å². The fourth-order valence-corrected chi connectivity index (χ4v) is 2.27. The van der Waals surface area contributed by atoms with E-state index in [9.17, 15) is 0 Å². The Labute approximate surface area is 114 Å². The fraction of sp³-hybridized carbons (Fsp3) is 0.917. The molecule has 1 aliphatic rings. The molecule has 0 saturated heterocycles. The molecule has 0 atom stereocenters. The lowest BCUT2D eigenvalue weighted by atomic mass is 9.98. The number of hydrogen-bond donors (Lipinski definition) is 0. The third-order valence-corrected chi connectivity index (χ3v) is 3.21. The monoisotopic (exact) mass is 285 g/mol. The van der Waals surface area contributed by atoms with Crippen molar-refractivity contribution in [3.63, 3.8) is 0 Å². The number of ether oxygens (including phenoxy) is 1. The predicted octanol–water partition coefficient (Wildman–Crippen LogP) is 5.08. The van der Waals surface area contributed by atoms with Gasteiger partial charge in [0.1, 0.15) is 0 Å². The van der Waals surface area contributed by atoms with E-state index in [0.717, 1.165) is 0 Å². The Morgan fingerprint density at radius 3 is 1.88 bits per heavy atom. The van der Waals surface area contributed by atoms with Crippen LogP contribution in [0.25, 0.3) is 0 Å². The number of halogens is 3. The van der Waals surface area contributed by atoms with Crippen LogP contribution in [0.3, 0.4) is 0 Å². The Morgan fingerprint density at radius 2 is 1.38 bits per heavy atom. The molecule has 1 saturated carbocycles. The molecule has 0 N–H and O–H groups in total. The summed E-state index contributed by atoms with van der Waals surface area (Å²) >= 11 is 16.9. The summed E-state index contributed by atoms with van der Waals surface area (Å²) in [6.45, 7) is 0.842. The first-order chi connectivity index (χ1) is 7.58. The molecule has 0 aromatic rings. The Balaban J connectivity index is 2.17. The van der Waals surface area contributed by atoms with E-state index in [2.05, 4.69) is 0 Å². The largest absolute Gasteiger partial charge is 0.376 e. The van der Waals surface area contributed by atoms with E-state index in [1.165, 1.54) is 57.3 Å². The van der Waals surface area contributed by atoms with Gasteiger partial charge in [-0.25, -0.2) is 0 Å². The van der Waals surface area contributed by atoms with Crippen molar-refractivity contribution < 1.29 is 4.74 Å². The zero-order chi connectivity index (χ0) is 11.9. The third-order valence-electron chi connectivity index (χ3n) is 2.88. The molecule has 1 fully saturated rings. The van der Waals surface area contributed by atoms with E-state index in [-0.39, 0.29) is 6.61 Å². The van der Waals surface area contributed by atoms with Crippen molar-refractivity contribution in [1.29, 1.82) is 0 Å². The van der Waals surface area contributed by atoms with Gasteiger partial charge in [0.15, 0.2) is 0 Å². The normalized spacial score (nSPS) is 21.2. The summed E-state index contributed by atoms with van der Waals surface area (Å²) in [7, 11) is 0. The molecule has 1 aliphatic carbocycles. The molecular formula is C12H20Cl3O. The fourth-order valence-electron chi connectivity index (χ4n) is 2.04. The molecule has 0 heterocycles. The highest BCUT2D eigenvalue weighted by molar-refractivity contribution is 6.67. The Hall–Kier alpha value is 0.830. The van der Waals surface area contributed by atoms with Gasteiger partial charge < -0.3 is 4.74 Å². The third kappa shape index (κ3) is 8.00. The summed E-state index contributed by atoms with van der Waals surface area (Å²) in [5, 5.41) is 0. The van der Waals surface area contributed by atoms with Gasteiger partial charge in [0.2, 0.25) is 3.79 Å². The van der Waals surface area contributed by atoms with Gasteiger partial charge >= 0.3 is 0 Å². The Morgan fingerprint density at radius 1 is 0.875 bits per heavy atom. The summed E-state index contributed by atoms with van der Waals surface area (Å²) in [5.41, 5.74) is 0. The molecule has 0 amide bonds. The second-order valence-electron chi connectivity index (χ2n) is 4.48. The molecule has 1 radical (unpaired) electrons. The average molecular weight is 287 g/mol. The highest BCUT2D eigenvalue weighted by atomic mass is 35.6. The quantitative estimate of drug-likeness (QED) is 0.657. The lowest BCUT2D eigenvalue weighted by molar-refractivity contribution is 0.142. The first kappa shape index (κ1) is 14.9. The van der Waals surface area contributed by atoms with Crippen LogP contribution in [0, 0.1) is 5.92 Å². The molecule has 1 rings (SSSR count). The first-order valence-electron chi connectivity index (χ1n) is 6.06. The number of rotatable bonds is 3. The number of hydrogen-bond acceptors (Lipinski definition) is 1. The molecule has 0 spiro atoms. The zero-order valence-corrected chi connectivity index (χ0v) is 11.9. The summed E-state index contributed by atoms with van der Waals surface area (Å²) in [6.07, 6.45) is 10.4. The molecule has 95 valence electrons. The minimum Gasteiger partial charge on any atom is -0.376 e. The second kappa shape index (κ2) is 8.02. The molecule has 0 aromatic heterocycles. The van der Waals surface area contributed by atoms with Crippen LogP contribution in [0.1, 0.15) is 51.4 Å². The molecule has 0 bridgehead atoms. The van der Waals surface area contributed by atoms with Crippen molar-refractivity contribution in [1.82, 2.24) is 0 Å². The zero-order valence-electron chi connectivity index (χ0n) is 9.61. The maximum Gasteiger partial charge on any atom is 0.213 e. The summed E-state index contributed by atoms with van der Waals surface area (Å²) < 4.78 is 4.16. The second-order valence-corrected chi connectivity index (χ2v) is 7.00. The standard InChI is InChI=1S/C12H20Cl3O/c13-12(14,15)10-16-9-11-7-5-3-1-2-4-6-8-11/h1-10H2. The van der Waals surface area contributed by atoms with Crippen molar-refractivity contribution >= 4 is 34.8 Å². The van der Waals surface area contributed by atoms with Gasteiger partial charge in [0.25, 0.3) is 0 Å². The van der Waals surface area contributed by atoms with Gasteiger partial charge in [-0.15, -0.1) is 0 Å². The molecule has 4 heteroatoms. The summed E-state index contributed by atoms with van der Waals surface area (Å²) in [5.74, 6) is 1.48. The molecule has 0 unspecified atom stereocenters. The Kier molecular flexibility index (Phi) is 7.47. The van der Waals surface area contributed by atoms with Crippen LogP contribution in [0.5, 0.6) is 0 Å². The molecule has 0 aliphatic heterocycles. The molecule has 0 aromatic carbocycles. The molecular weight excluding hydrogens is 266 g/mol. The van der Waals surface area contributed by atoms with Crippen LogP contribution in [0.4, 0.5) is 0 Å². The molecule has 16 heavy (non-hydrogen) atoms. The van der Waals surface area contributed by atoms with Gasteiger partial charge in [-0.2, -0.15) is 0 Å². The van der Waals surface area contributed by atoms with E-state index in [1.807, 2.05) is 0 Å². The summed E-state index contributed by atoms with van der Waals surface area (Å²) in [4.78, 5) is 0. The highest BCUT2D eigenvalue weighted by Crippen LogP contribution is 2.28. The smallest absolute Gasteiger partial charge is 0.213 e. The van der Waals surface area contributed by atoms with Gasteiger partial charge in [-0.05, 0) is 12.8 Å². The lowest BCUT2D eigenvalue weighted by Gasteiger charge is -2.17. The van der Waals surface area contributed by atoms with Gasteiger partial charge in [-0.3, -0.25) is 0 Å². The van der Waals surface area contributed by atoms with Gasteiger partial charge in [0.05, 0.1) is 13.2 Å². The van der Waals surface area contributed by atoms with Crippen LogP contribution >= 0.6 is 34.8 Å². The molecule has 1 nitrogen and oxygen atoms in total. The Bertz CT molecular complexity index is 170. The van der Waals surface area contributed by atoms with E-state index < -0.39 is 3.79 Å². The SMILES string of the molecule is ClC(Cl)(Cl)COC[C]1CCCCCCCC1. The maximum absolute atomic E-state index is 5.63. The minimum atomic E-state index is -1.28. The van der Waals surface area contributed by atoms with Crippen LogP contribution in [-0.2, 0) is 4.74 Å². The predicted molar refractivity (Wildman–Crippen MR) is 71.3 cm³/mol. The van der Waals surface area contributed by atoms with Gasteiger partial charge in [-0.1, -0.05) is 73.3 Å². The van der Waals surface area contributed by atoms with Crippen molar-refractivity contribution in [2.24, 2.45) is 0 Å². The lowest BCUT2D eigenvalue weighted by Crippen LogP contribution is -2.17. The van der Waals surface area contributed by atoms with Crippen LogP contribution in [0.15, 0.2) is 0 Å². The van der Waals surface area contributed by atoms with Crippen LogP contribution in [-0.4, -0.2) is 17.0 Å². The van der Waals surface area contributed by atoms with Crippen molar-refractivity contribution in [3.8, 4) is 0 Å². The highest BCUT2D eigenvalue weighted by Gasteiger charge is 2.20. The average Bonchev–Trinajstić information content (AvgIpc) is 2.29. The van der Waals surface area contributed by atoms with E-state index >= 15 is 0 Å². The topological polar surface area (TPSA) is 9.23 Å². The summed E-state index contributed by atoms with van der Waals surface area (Å²) in [6, 6.07) is 0. The van der Waals surface area contributed by atoms with Crippen molar-refractivity contribution in [2.75, 3.05) is 13.2 Å². The first-order valence-corrected chi connectivity index (χ1v) is 7.19. The van der Waals surface area contributed by atoms with Crippen molar-refractivity contribution in [3.05, 3.63) is 5.92 Å². The van der Waals surface area contributed by atoms with Gasteiger partial charge in [0, 0.05) is 5.92 Å². The number of alkyl halides is 3.